The Kier molecular flexibility index (Phi) is 1.61. The first-order valence-electron chi connectivity index (χ1n) is 4.40. The average Bonchev–Trinajstić information content (AvgIpc) is 2.36. The molecule has 0 aromatic carbocycles. The lowest BCUT2D eigenvalue weighted by atomic mass is 9.71. The van der Waals surface area contributed by atoms with Crippen LogP contribution in [0.25, 0.3) is 0 Å². The van der Waals surface area contributed by atoms with Crippen molar-refractivity contribution >= 4 is 0 Å². The van der Waals surface area contributed by atoms with Crippen LogP contribution in [0.15, 0.2) is 0 Å². The van der Waals surface area contributed by atoms with E-state index in [4.69, 9.17) is 0 Å². The zero-order valence-corrected chi connectivity index (χ0v) is 7.99. The van der Waals surface area contributed by atoms with Crippen LogP contribution in [0.5, 0.6) is 0 Å². The fourth-order valence-electron chi connectivity index (χ4n) is 2.33. The third-order valence-electron chi connectivity index (χ3n) is 3.39. The molecule has 0 aromatic heterocycles. The Morgan fingerprint density at radius 3 is 1.50 bits per heavy atom. The van der Waals surface area contributed by atoms with Gasteiger partial charge in [0.25, 0.3) is 0 Å². The SMILES string of the molecule is CC(C)C1(C(C)(C)C)CC1. The van der Waals surface area contributed by atoms with Crippen molar-refractivity contribution in [3.8, 4) is 0 Å². The monoisotopic (exact) mass is 140 g/mol. The molecule has 1 fully saturated rings. The van der Waals surface area contributed by atoms with Gasteiger partial charge in [0.05, 0.1) is 0 Å². The fraction of sp³-hybridized carbons (Fsp3) is 1.00. The second kappa shape index (κ2) is 1.99. The highest BCUT2D eigenvalue weighted by Crippen LogP contribution is 2.62. The van der Waals surface area contributed by atoms with Crippen molar-refractivity contribution in [2.75, 3.05) is 0 Å². The van der Waals surface area contributed by atoms with E-state index in [2.05, 4.69) is 34.6 Å². The first-order valence-corrected chi connectivity index (χ1v) is 4.40. The van der Waals surface area contributed by atoms with E-state index in [9.17, 15) is 0 Å². The molecule has 0 amide bonds. The lowest BCUT2D eigenvalue weighted by Crippen LogP contribution is -2.26. The molecule has 10 heavy (non-hydrogen) atoms. The Labute approximate surface area is 65.0 Å². The van der Waals surface area contributed by atoms with Crippen LogP contribution in [0.3, 0.4) is 0 Å². The predicted octanol–water partition coefficient (Wildman–Crippen LogP) is 3.47. The molecule has 60 valence electrons. The maximum absolute atomic E-state index is 2.38. The summed E-state index contributed by atoms with van der Waals surface area (Å²) in [5, 5.41) is 0. The third-order valence-corrected chi connectivity index (χ3v) is 3.39. The van der Waals surface area contributed by atoms with E-state index in [1.165, 1.54) is 12.8 Å². The molecule has 0 heteroatoms. The van der Waals surface area contributed by atoms with Gasteiger partial charge in [0.1, 0.15) is 0 Å². The van der Waals surface area contributed by atoms with Crippen molar-refractivity contribution in [1.82, 2.24) is 0 Å². The Morgan fingerprint density at radius 1 is 1.10 bits per heavy atom. The molecule has 0 N–H and O–H groups in total. The molecule has 0 unspecified atom stereocenters. The van der Waals surface area contributed by atoms with E-state index >= 15 is 0 Å². The summed E-state index contributed by atoms with van der Waals surface area (Å²) in [6.45, 7) is 11.8. The molecule has 0 atom stereocenters. The molecule has 0 radical (unpaired) electrons. The second-order valence-corrected chi connectivity index (χ2v) is 5.06. The molecular weight excluding hydrogens is 120 g/mol. The van der Waals surface area contributed by atoms with Crippen molar-refractivity contribution in [3.63, 3.8) is 0 Å². The van der Waals surface area contributed by atoms with Gasteiger partial charge in [0.15, 0.2) is 0 Å². The molecule has 0 aromatic rings. The highest BCUT2D eigenvalue weighted by Gasteiger charge is 2.53. The second-order valence-electron chi connectivity index (χ2n) is 5.06. The van der Waals surface area contributed by atoms with E-state index in [1.807, 2.05) is 0 Å². The maximum atomic E-state index is 2.38. The highest BCUT2D eigenvalue weighted by atomic mass is 14.6. The smallest absolute Gasteiger partial charge is 0.0225 e. The minimum Gasteiger partial charge on any atom is -0.0622 e. The van der Waals surface area contributed by atoms with Gasteiger partial charge in [-0.05, 0) is 29.6 Å². The normalized spacial score (nSPS) is 23.4. The van der Waals surface area contributed by atoms with Crippen molar-refractivity contribution in [2.45, 2.75) is 47.5 Å². The Morgan fingerprint density at radius 2 is 1.50 bits per heavy atom. The van der Waals surface area contributed by atoms with Gasteiger partial charge in [-0.3, -0.25) is 0 Å². The van der Waals surface area contributed by atoms with Gasteiger partial charge in [-0.15, -0.1) is 0 Å². The molecule has 1 aliphatic carbocycles. The topological polar surface area (TPSA) is 0 Å². The molecule has 0 bridgehead atoms. The van der Waals surface area contributed by atoms with Gasteiger partial charge in [-0.25, -0.2) is 0 Å². The van der Waals surface area contributed by atoms with Gasteiger partial charge in [-0.2, -0.15) is 0 Å². The van der Waals surface area contributed by atoms with Gasteiger partial charge in [-0.1, -0.05) is 34.6 Å². The summed E-state index contributed by atoms with van der Waals surface area (Å²) in [6.07, 6.45) is 2.91. The number of hydrogen-bond donors (Lipinski definition) is 0. The zero-order chi connectivity index (χ0) is 7.99. The molecule has 0 spiro atoms. The van der Waals surface area contributed by atoms with Crippen LogP contribution >= 0.6 is 0 Å². The summed E-state index contributed by atoms with van der Waals surface area (Å²) in [4.78, 5) is 0. The number of hydrogen-bond acceptors (Lipinski definition) is 0. The van der Waals surface area contributed by atoms with Crippen molar-refractivity contribution in [3.05, 3.63) is 0 Å². The lowest BCUT2D eigenvalue weighted by molar-refractivity contribution is 0.150. The molecular formula is C10H20. The summed E-state index contributed by atoms with van der Waals surface area (Å²) in [6, 6.07) is 0. The Bertz CT molecular complexity index is 121. The van der Waals surface area contributed by atoms with Gasteiger partial charge < -0.3 is 0 Å². The minimum absolute atomic E-state index is 0.529. The van der Waals surface area contributed by atoms with E-state index in [0.717, 1.165) is 5.92 Å². The quantitative estimate of drug-likeness (QED) is 0.523. The molecule has 0 saturated heterocycles. The minimum atomic E-state index is 0.529. The summed E-state index contributed by atoms with van der Waals surface area (Å²) in [5.41, 5.74) is 1.22. The van der Waals surface area contributed by atoms with Crippen LogP contribution in [0.1, 0.15) is 47.5 Å². The van der Waals surface area contributed by atoms with Gasteiger partial charge >= 0.3 is 0 Å². The molecule has 1 saturated carbocycles. The van der Waals surface area contributed by atoms with Gasteiger partial charge in [0.2, 0.25) is 0 Å². The van der Waals surface area contributed by atoms with E-state index < -0.39 is 0 Å². The van der Waals surface area contributed by atoms with Crippen molar-refractivity contribution < 1.29 is 0 Å². The van der Waals surface area contributed by atoms with Crippen LogP contribution < -0.4 is 0 Å². The molecule has 0 nitrogen and oxygen atoms in total. The summed E-state index contributed by atoms with van der Waals surface area (Å²) < 4.78 is 0. The maximum Gasteiger partial charge on any atom is -0.0225 e. The number of rotatable bonds is 1. The lowest BCUT2D eigenvalue weighted by Gasteiger charge is -2.34. The van der Waals surface area contributed by atoms with Crippen LogP contribution in [0.2, 0.25) is 0 Å². The van der Waals surface area contributed by atoms with E-state index in [1.54, 1.807) is 0 Å². The van der Waals surface area contributed by atoms with Crippen LogP contribution in [-0.2, 0) is 0 Å². The van der Waals surface area contributed by atoms with Crippen LogP contribution in [0.4, 0.5) is 0 Å². The van der Waals surface area contributed by atoms with Crippen LogP contribution in [-0.4, -0.2) is 0 Å². The highest BCUT2D eigenvalue weighted by molar-refractivity contribution is 5.03. The molecule has 0 aliphatic heterocycles. The Balaban J connectivity index is 2.70. The average molecular weight is 140 g/mol. The molecule has 0 heterocycles. The third kappa shape index (κ3) is 0.980. The largest absolute Gasteiger partial charge is 0.0622 e. The summed E-state index contributed by atoms with van der Waals surface area (Å²) in [7, 11) is 0. The standard InChI is InChI=1S/C10H20/c1-8(2)10(6-7-10)9(3,4)5/h8H,6-7H2,1-5H3. The summed E-state index contributed by atoms with van der Waals surface area (Å²) in [5.74, 6) is 0.868. The zero-order valence-electron chi connectivity index (χ0n) is 7.99. The summed E-state index contributed by atoms with van der Waals surface area (Å²) >= 11 is 0. The van der Waals surface area contributed by atoms with E-state index in [0.29, 0.717) is 10.8 Å². The fourth-order valence-corrected chi connectivity index (χ4v) is 2.33. The van der Waals surface area contributed by atoms with E-state index in [-0.39, 0.29) is 0 Å². The predicted molar refractivity (Wildman–Crippen MR) is 46.0 cm³/mol. The first-order chi connectivity index (χ1) is 4.40. The van der Waals surface area contributed by atoms with Crippen molar-refractivity contribution in [1.29, 1.82) is 0 Å². The van der Waals surface area contributed by atoms with Crippen LogP contribution in [0, 0.1) is 16.7 Å². The van der Waals surface area contributed by atoms with Gasteiger partial charge in [0, 0.05) is 0 Å². The molecule has 1 aliphatic rings. The van der Waals surface area contributed by atoms with Crippen molar-refractivity contribution in [2.24, 2.45) is 16.7 Å². The molecule has 1 rings (SSSR count). The first kappa shape index (κ1) is 8.10. The Hall–Kier alpha value is 0.